The summed E-state index contributed by atoms with van der Waals surface area (Å²) in [6.07, 6.45) is 0. The first-order valence-corrected chi connectivity index (χ1v) is 2.43. The Bertz CT molecular complexity index is 247. The van der Waals surface area contributed by atoms with Gasteiger partial charge in [-0.1, -0.05) is 0 Å². The Morgan fingerprint density at radius 3 is 1.86 bits per heavy atom. The third-order valence-corrected chi connectivity index (χ3v) is 0.411. The summed E-state index contributed by atoms with van der Waals surface area (Å²) in [6, 6.07) is 0. The predicted molar refractivity (Wildman–Crippen MR) is 34.1 cm³/mol. The molecule has 0 aliphatic rings. The second-order valence-electron chi connectivity index (χ2n) is 1.01. The maximum absolute atomic E-state index is 9.27. The number of nitrogens with zero attached hydrogens (tertiary/aromatic N) is 11. The van der Waals surface area contributed by atoms with Crippen LogP contribution >= 0.6 is 0 Å². The second-order valence-corrected chi connectivity index (χ2v) is 1.01. The van der Waals surface area contributed by atoms with Crippen molar-refractivity contribution in [3.8, 4) is 0 Å². The van der Waals surface area contributed by atoms with Crippen LogP contribution in [-0.4, -0.2) is 0 Å². The van der Waals surface area contributed by atoms with Crippen molar-refractivity contribution in [1.82, 2.24) is 5.53 Å². The molecule has 68 valence electrons. The van der Waals surface area contributed by atoms with Crippen LogP contribution in [0.1, 0.15) is 0 Å². The molecule has 0 heterocycles. The molecule has 0 aromatic carbocycles. The largest absolute Gasteiger partial charge is 1.00 e. The third kappa shape index (κ3) is 13.0. The molecule has 0 aliphatic carbocycles. The third-order valence-electron chi connectivity index (χ3n) is 0.411. The van der Waals surface area contributed by atoms with E-state index in [-0.39, 0.29) is 29.6 Å². The maximum Gasteiger partial charge on any atom is 1.00 e. The van der Waals surface area contributed by atoms with Gasteiger partial charge in [-0.15, -0.1) is 10.1 Å². The van der Waals surface area contributed by atoms with E-state index in [9.17, 15) is 4.91 Å². The SMILES string of the molecule is [N-]=NN/N=N/N=N/N=N/N=N/N=O.[Na+]. The van der Waals surface area contributed by atoms with E-state index < -0.39 is 0 Å². The minimum atomic E-state index is 0. The van der Waals surface area contributed by atoms with Crippen LogP contribution in [0.5, 0.6) is 0 Å². The summed E-state index contributed by atoms with van der Waals surface area (Å²) in [5.74, 6) is 0. The molecule has 0 atom stereocenters. The van der Waals surface area contributed by atoms with E-state index in [0.717, 1.165) is 0 Å². The Morgan fingerprint density at radius 2 is 1.36 bits per heavy atom. The van der Waals surface area contributed by atoms with Crippen molar-refractivity contribution in [1.29, 1.82) is 0 Å². The molecule has 0 saturated heterocycles. The molecule has 0 bridgehead atoms. The smallest absolute Gasteiger partial charge is 0.361 e. The molecule has 0 rings (SSSR count). The summed E-state index contributed by atoms with van der Waals surface area (Å²) in [5.41, 5.74) is 9.42. The molecule has 0 aliphatic heterocycles. The quantitative estimate of drug-likeness (QED) is 0.246. The monoisotopic (exact) mass is 208 g/mol. The second kappa shape index (κ2) is 14.0. The van der Waals surface area contributed by atoms with Crippen LogP contribution in [0.15, 0.2) is 52.3 Å². The zero-order valence-corrected chi connectivity index (χ0v) is 8.83. The molecule has 14 heavy (non-hydrogen) atoms. The molecule has 0 aromatic rings. The van der Waals surface area contributed by atoms with Gasteiger partial charge in [0, 0.05) is 15.7 Å². The van der Waals surface area contributed by atoms with Gasteiger partial charge in [0.15, 0.2) is 0 Å². The normalized spacial score (nSPS) is 11.1. The first-order valence-electron chi connectivity index (χ1n) is 2.43. The Morgan fingerprint density at radius 1 is 0.857 bits per heavy atom. The number of rotatable bonds is 6. The zero-order chi connectivity index (χ0) is 9.78. The molecular weight excluding hydrogens is 207 g/mol. The predicted octanol–water partition coefficient (Wildman–Crippen LogP) is -1.33. The number of nitrogens with one attached hydrogen (secondary N) is 1. The van der Waals surface area contributed by atoms with E-state index >= 15 is 0 Å². The first-order chi connectivity index (χ1) is 6.41. The van der Waals surface area contributed by atoms with Crippen LogP contribution in [0.25, 0.3) is 5.53 Å². The van der Waals surface area contributed by atoms with Gasteiger partial charge in [0.1, 0.15) is 5.29 Å². The molecule has 0 fully saturated rings. The average molecular weight is 208 g/mol. The van der Waals surface area contributed by atoms with Crippen molar-refractivity contribution in [2.75, 3.05) is 0 Å². The molecule has 0 unspecified atom stereocenters. The fraction of sp³-hybridized carbons (Fsp3) is 0. The van der Waals surface area contributed by atoms with Crippen LogP contribution in [-0.2, 0) is 0 Å². The van der Waals surface area contributed by atoms with Gasteiger partial charge in [-0.3, -0.25) is 10.8 Å². The van der Waals surface area contributed by atoms with E-state index in [1.54, 1.807) is 5.53 Å². The Labute approximate surface area is 97.9 Å². The van der Waals surface area contributed by atoms with Gasteiger partial charge in [-0.05, 0) is 20.9 Å². The molecule has 0 spiro atoms. The van der Waals surface area contributed by atoms with Gasteiger partial charge in [0.25, 0.3) is 0 Å². The number of nitroso groups, excluding NO2 is 1. The van der Waals surface area contributed by atoms with Crippen molar-refractivity contribution in [3.05, 3.63) is 10.4 Å². The van der Waals surface area contributed by atoms with E-state index in [4.69, 9.17) is 5.53 Å². The first kappa shape index (κ1) is 14.9. The Balaban J connectivity index is 0. The molecule has 0 aromatic heterocycles. The number of hydrogen-bond donors (Lipinski definition) is 1. The molecular formula is HN12NaO. The van der Waals surface area contributed by atoms with Crippen LogP contribution in [0, 0.1) is 4.91 Å². The minimum absolute atomic E-state index is 0. The van der Waals surface area contributed by atoms with Crippen molar-refractivity contribution < 1.29 is 29.6 Å². The summed E-state index contributed by atoms with van der Waals surface area (Å²) in [4.78, 5) is 9.27. The fourth-order valence-electron chi connectivity index (χ4n) is 0.166. The van der Waals surface area contributed by atoms with Crippen LogP contribution < -0.4 is 35.1 Å². The van der Waals surface area contributed by atoms with E-state index in [2.05, 4.69) is 47.0 Å². The van der Waals surface area contributed by atoms with Gasteiger partial charge in [-0.25, -0.2) is 0 Å². The van der Waals surface area contributed by atoms with Crippen LogP contribution in [0.4, 0.5) is 0 Å². The van der Waals surface area contributed by atoms with Gasteiger partial charge in [0.2, 0.25) is 0 Å². The summed E-state index contributed by atoms with van der Waals surface area (Å²) in [5, 5.41) is 26.8. The zero-order valence-electron chi connectivity index (χ0n) is 6.83. The van der Waals surface area contributed by atoms with E-state index in [1.165, 1.54) is 0 Å². The number of hydrogen-bond acceptors (Lipinski definition) is 3. The Hall–Kier alpha value is -1.60. The van der Waals surface area contributed by atoms with Crippen molar-refractivity contribution >= 4 is 0 Å². The molecule has 1 N–H and O–H groups in total. The summed E-state index contributed by atoms with van der Waals surface area (Å²) in [6.45, 7) is 0. The molecule has 13 nitrogen and oxygen atoms in total. The van der Waals surface area contributed by atoms with Gasteiger partial charge in [0.05, 0.1) is 0 Å². The summed E-state index contributed by atoms with van der Waals surface area (Å²) >= 11 is 0. The van der Waals surface area contributed by atoms with Gasteiger partial charge < -0.3 is 5.53 Å². The van der Waals surface area contributed by atoms with E-state index in [1.807, 2.05) is 5.29 Å². The molecule has 0 radical (unpaired) electrons. The summed E-state index contributed by atoms with van der Waals surface area (Å²) < 4.78 is 0. The molecule has 0 amide bonds. The topological polar surface area (TPSA) is 175 Å². The van der Waals surface area contributed by atoms with Crippen LogP contribution in [0.2, 0.25) is 0 Å². The van der Waals surface area contributed by atoms with Crippen molar-refractivity contribution in [2.45, 2.75) is 0 Å². The Kier molecular flexibility index (Phi) is 14.9. The van der Waals surface area contributed by atoms with E-state index in [0.29, 0.717) is 0 Å². The van der Waals surface area contributed by atoms with Gasteiger partial charge in [-0.2, -0.15) is 0 Å². The van der Waals surface area contributed by atoms with Gasteiger partial charge >= 0.3 is 29.6 Å². The standard InChI is InChI=1S/HN12O.Na/c1-2-3-4-5-6-7-8-9-10-11-12-13;/h(H-,1,3,5,7,9,11,13);/q-1;+1. The minimum Gasteiger partial charge on any atom is -0.361 e. The maximum atomic E-state index is 9.27. The van der Waals surface area contributed by atoms with Crippen molar-refractivity contribution in [2.24, 2.45) is 52.3 Å². The molecule has 14 heteroatoms. The fourth-order valence-corrected chi connectivity index (χ4v) is 0.166. The molecule has 0 saturated carbocycles. The van der Waals surface area contributed by atoms with Crippen LogP contribution in [0.3, 0.4) is 0 Å². The average Bonchev–Trinajstić information content (AvgIpc) is 2.16. The van der Waals surface area contributed by atoms with Crippen molar-refractivity contribution in [3.63, 3.8) is 0 Å². The summed E-state index contributed by atoms with van der Waals surface area (Å²) in [7, 11) is 0.